The molecule has 1 rings (SSSR count). The molecule has 0 aliphatic carbocycles. The minimum Gasteiger partial charge on any atom is -0.394 e. The Morgan fingerprint density at radius 1 is 1.32 bits per heavy atom. The molecule has 0 bridgehead atoms. The van der Waals surface area contributed by atoms with Crippen LogP contribution in [-0.4, -0.2) is 41.3 Å². The van der Waals surface area contributed by atoms with Gasteiger partial charge in [-0.15, -0.1) is 0 Å². The fourth-order valence-electron chi connectivity index (χ4n) is 1.69. The zero-order valence-corrected chi connectivity index (χ0v) is 12.5. The Bertz CT molecular complexity index is 384. The van der Waals surface area contributed by atoms with Crippen LogP contribution >= 0.6 is 0 Å². The highest BCUT2D eigenvalue weighted by molar-refractivity contribution is 5.49. The molecule has 1 aromatic rings. The predicted molar refractivity (Wildman–Crippen MR) is 79.8 cm³/mol. The van der Waals surface area contributed by atoms with Crippen LogP contribution in [0, 0.1) is 0 Å². The summed E-state index contributed by atoms with van der Waals surface area (Å²) in [6, 6.07) is 1.99. The highest BCUT2D eigenvalue weighted by Crippen LogP contribution is 2.17. The smallest absolute Gasteiger partial charge is 0.134 e. The number of aliphatic hydroxyl groups excluding tert-OH is 1. The largest absolute Gasteiger partial charge is 0.394 e. The van der Waals surface area contributed by atoms with Crippen molar-refractivity contribution in [1.82, 2.24) is 9.97 Å². The van der Waals surface area contributed by atoms with E-state index in [1.807, 2.05) is 24.9 Å². The Labute approximate surface area is 116 Å². The topological polar surface area (TPSA) is 61.3 Å². The Hall–Kier alpha value is -1.36. The molecule has 1 atom stereocenters. The molecule has 5 nitrogen and oxygen atoms in total. The van der Waals surface area contributed by atoms with Crippen LogP contribution in [0.3, 0.4) is 0 Å². The molecule has 0 aliphatic rings. The van der Waals surface area contributed by atoms with E-state index in [0.29, 0.717) is 0 Å². The number of hydrogen-bond acceptors (Lipinski definition) is 5. The van der Waals surface area contributed by atoms with Gasteiger partial charge in [-0.2, -0.15) is 0 Å². The van der Waals surface area contributed by atoms with Gasteiger partial charge in [0.15, 0.2) is 0 Å². The maximum absolute atomic E-state index is 9.25. The first-order valence-corrected chi connectivity index (χ1v) is 7.07. The highest BCUT2D eigenvalue weighted by Gasteiger charge is 2.12. The van der Waals surface area contributed by atoms with E-state index < -0.39 is 0 Å². The number of aromatic nitrogens is 2. The maximum Gasteiger partial charge on any atom is 0.134 e. The van der Waals surface area contributed by atoms with Crippen molar-refractivity contribution >= 4 is 11.6 Å². The van der Waals surface area contributed by atoms with Crippen molar-refractivity contribution in [2.45, 2.75) is 46.1 Å². The average Bonchev–Trinajstić information content (AvgIpc) is 2.43. The van der Waals surface area contributed by atoms with E-state index in [-0.39, 0.29) is 12.6 Å². The third-order valence-corrected chi connectivity index (χ3v) is 3.08. The third kappa shape index (κ3) is 4.67. The van der Waals surface area contributed by atoms with Crippen molar-refractivity contribution in [3.05, 3.63) is 11.9 Å². The van der Waals surface area contributed by atoms with Crippen LogP contribution in [0.4, 0.5) is 11.6 Å². The highest BCUT2D eigenvalue weighted by atomic mass is 16.3. The SMILES string of the molecule is CCCNc1cc(N(C)C(C)CO)nc(CCC)n1. The second-order valence-electron chi connectivity index (χ2n) is 4.85. The first-order valence-electron chi connectivity index (χ1n) is 7.07. The van der Waals surface area contributed by atoms with Crippen molar-refractivity contribution in [1.29, 1.82) is 0 Å². The van der Waals surface area contributed by atoms with Crippen molar-refractivity contribution in [2.24, 2.45) is 0 Å². The quantitative estimate of drug-likeness (QED) is 0.754. The normalized spacial score (nSPS) is 12.3. The van der Waals surface area contributed by atoms with Gasteiger partial charge in [-0.25, -0.2) is 9.97 Å². The van der Waals surface area contributed by atoms with Gasteiger partial charge in [0.2, 0.25) is 0 Å². The molecule has 1 aromatic heterocycles. The van der Waals surface area contributed by atoms with E-state index in [1.54, 1.807) is 0 Å². The Morgan fingerprint density at radius 2 is 2.05 bits per heavy atom. The minimum atomic E-state index is 0.0448. The van der Waals surface area contributed by atoms with Gasteiger partial charge in [0.1, 0.15) is 17.5 Å². The first kappa shape index (κ1) is 15.7. The molecule has 5 heteroatoms. The first-order chi connectivity index (χ1) is 9.12. The van der Waals surface area contributed by atoms with E-state index in [9.17, 15) is 5.11 Å². The summed E-state index contributed by atoms with van der Waals surface area (Å²) in [6.45, 7) is 7.24. The van der Waals surface area contributed by atoms with Crippen molar-refractivity contribution < 1.29 is 5.11 Å². The van der Waals surface area contributed by atoms with Gasteiger partial charge >= 0.3 is 0 Å². The molecule has 0 spiro atoms. The van der Waals surface area contributed by atoms with E-state index in [2.05, 4.69) is 29.1 Å². The van der Waals surface area contributed by atoms with Crippen LogP contribution in [0.15, 0.2) is 6.07 Å². The summed E-state index contributed by atoms with van der Waals surface area (Å²) >= 11 is 0. The minimum absolute atomic E-state index is 0.0448. The number of nitrogens with one attached hydrogen (secondary N) is 1. The monoisotopic (exact) mass is 266 g/mol. The molecule has 0 radical (unpaired) electrons. The molecule has 2 N–H and O–H groups in total. The summed E-state index contributed by atoms with van der Waals surface area (Å²) in [5.74, 6) is 2.58. The number of hydrogen-bond donors (Lipinski definition) is 2. The molecule has 0 aliphatic heterocycles. The molecular weight excluding hydrogens is 240 g/mol. The van der Waals surface area contributed by atoms with Gasteiger partial charge in [0.05, 0.1) is 12.6 Å². The Balaban J connectivity index is 2.97. The lowest BCUT2D eigenvalue weighted by atomic mass is 10.3. The van der Waals surface area contributed by atoms with E-state index in [4.69, 9.17) is 0 Å². The maximum atomic E-state index is 9.25. The lowest BCUT2D eigenvalue weighted by molar-refractivity contribution is 0.269. The fourth-order valence-corrected chi connectivity index (χ4v) is 1.69. The molecule has 1 unspecified atom stereocenters. The second kappa shape index (κ2) is 7.94. The molecular formula is C14H26N4O. The number of likely N-dealkylation sites (N-methyl/N-ethyl adjacent to an activating group) is 1. The summed E-state index contributed by atoms with van der Waals surface area (Å²) in [6.07, 6.45) is 2.96. The van der Waals surface area contributed by atoms with E-state index in [0.717, 1.165) is 43.3 Å². The number of rotatable bonds is 8. The van der Waals surface area contributed by atoms with Crippen molar-refractivity contribution in [3.63, 3.8) is 0 Å². The van der Waals surface area contributed by atoms with Gasteiger partial charge in [-0.3, -0.25) is 0 Å². The number of nitrogens with zero attached hydrogens (tertiary/aromatic N) is 3. The van der Waals surface area contributed by atoms with Gasteiger partial charge in [0.25, 0.3) is 0 Å². The van der Waals surface area contributed by atoms with Crippen LogP contribution < -0.4 is 10.2 Å². The van der Waals surface area contributed by atoms with Crippen molar-refractivity contribution in [2.75, 3.05) is 30.4 Å². The second-order valence-corrected chi connectivity index (χ2v) is 4.85. The Morgan fingerprint density at radius 3 is 2.63 bits per heavy atom. The van der Waals surface area contributed by atoms with Crippen LogP contribution in [0.1, 0.15) is 39.4 Å². The van der Waals surface area contributed by atoms with Gasteiger partial charge < -0.3 is 15.3 Å². The fraction of sp³-hybridized carbons (Fsp3) is 0.714. The van der Waals surface area contributed by atoms with Crippen LogP contribution in [0.2, 0.25) is 0 Å². The predicted octanol–water partition coefficient (Wildman–Crippen LogP) is 2.07. The van der Waals surface area contributed by atoms with Gasteiger partial charge in [-0.1, -0.05) is 13.8 Å². The Kier molecular flexibility index (Phi) is 6.56. The van der Waals surface area contributed by atoms with Crippen LogP contribution in [0.25, 0.3) is 0 Å². The molecule has 0 saturated heterocycles. The lowest BCUT2D eigenvalue weighted by Crippen LogP contribution is -2.32. The molecule has 1 heterocycles. The van der Waals surface area contributed by atoms with E-state index in [1.165, 1.54) is 0 Å². The molecule has 108 valence electrons. The number of aliphatic hydroxyl groups is 1. The summed E-state index contributed by atoms with van der Waals surface area (Å²) in [4.78, 5) is 11.1. The molecule has 0 aromatic carbocycles. The van der Waals surface area contributed by atoms with E-state index >= 15 is 0 Å². The van der Waals surface area contributed by atoms with Crippen LogP contribution in [-0.2, 0) is 6.42 Å². The third-order valence-electron chi connectivity index (χ3n) is 3.08. The standard InChI is InChI=1S/C14H26N4O/c1-5-7-12-16-13(15-8-6-2)9-14(17-12)18(4)11(3)10-19/h9,11,19H,5-8,10H2,1-4H3,(H,15,16,17). The summed E-state index contributed by atoms with van der Waals surface area (Å²) in [5.41, 5.74) is 0. The summed E-state index contributed by atoms with van der Waals surface area (Å²) in [7, 11) is 1.95. The zero-order valence-electron chi connectivity index (χ0n) is 12.5. The molecule has 0 saturated carbocycles. The summed E-state index contributed by atoms with van der Waals surface area (Å²) < 4.78 is 0. The summed E-state index contributed by atoms with van der Waals surface area (Å²) in [5, 5.41) is 12.6. The van der Waals surface area contributed by atoms with Gasteiger partial charge in [-0.05, 0) is 19.8 Å². The van der Waals surface area contributed by atoms with Crippen LogP contribution in [0.5, 0.6) is 0 Å². The number of aryl methyl sites for hydroxylation is 1. The van der Waals surface area contributed by atoms with Crippen molar-refractivity contribution in [3.8, 4) is 0 Å². The van der Waals surface area contributed by atoms with Gasteiger partial charge in [0, 0.05) is 26.1 Å². The lowest BCUT2D eigenvalue weighted by Gasteiger charge is -2.25. The molecule has 19 heavy (non-hydrogen) atoms. The number of anilines is 2. The zero-order chi connectivity index (χ0) is 14.3. The average molecular weight is 266 g/mol. The molecule has 0 amide bonds. The molecule has 0 fully saturated rings.